The van der Waals surface area contributed by atoms with Gasteiger partial charge in [0.15, 0.2) is 5.96 Å². The first-order valence-corrected chi connectivity index (χ1v) is 10.7. The maximum atomic E-state index is 5.41. The predicted molar refractivity (Wildman–Crippen MR) is 129 cm³/mol. The van der Waals surface area contributed by atoms with Gasteiger partial charge in [-0.1, -0.05) is 12.1 Å². The Morgan fingerprint density at radius 2 is 1.77 bits per heavy atom. The number of anilines is 2. The number of rotatable bonds is 8. The van der Waals surface area contributed by atoms with Crippen LogP contribution in [0.3, 0.4) is 0 Å². The molecule has 31 heavy (non-hydrogen) atoms. The molecule has 1 aliphatic heterocycles. The number of hydrogen-bond acceptors (Lipinski definition) is 5. The van der Waals surface area contributed by atoms with Crippen LogP contribution in [0.1, 0.15) is 12.0 Å². The van der Waals surface area contributed by atoms with Gasteiger partial charge in [-0.3, -0.25) is 4.99 Å². The van der Waals surface area contributed by atoms with Crippen molar-refractivity contribution in [1.29, 1.82) is 0 Å². The normalized spacial score (nSPS) is 16.2. The number of methoxy groups -OCH3 is 2. The molecule has 2 N–H and O–H groups in total. The number of aliphatic imine (C=N–C) groups is 1. The lowest BCUT2D eigenvalue weighted by atomic mass is 10.1. The second-order valence-corrected chi connectivity index (χ2v) is 7.96. The Labute approximate surface area is 186 Å². The minimum absolute atomic E-state index is 0.336. The molecule has 168 valence electrons. The fourth-order valence-electron chi connectivity index (χ4n) is 3.76. The minimum atomic E-state index is 0.336. The molecule has 7 heteroatoms. The molecule has 2 aromatic carbocycles. The molecule has 1 unspecified atom stereocenters. The highest BCUT2D eigenvalue weighted by Crippen LogP contribution is 2.30. The molecule has 1 fully saturated rings. The molecule has 1 saturated heterocycles. The molecule has 2 aromatic rings. The lowest BCUT2D eigenvalue weighted by Crippen LogP contribution is -2.45. The SMILES string of the molecule is CN=C(NCCc1ccc(N(C)C)cc1)NC1CCN(c2cc(OC)cc(OC)c2)C1. The van der Waals surface area contributed by atoms with Crippen LogP contribution in [0.2, 0.25) is 0 Å². The third-order valence-electron chi connectivity index (χ3n) is 5.61. The lowest BCUT2D eigenvalue weighted by molar-refractivity contribution is 0.394. The summed E-state index contributed by atoms with van der Waals surface area (Å²) < 4.78 is 10.8. The third kappa shape index (κ3) is 6.20. The van der Waals surface area contributed by atoms with Crippen molar-refractivity contribution in [1.82, 2.24) is 10.6 Å². The zero-order chi connectivity index (χ0) is 22.2. The standard InChI is InChI=1S/C24H35N5O2/c1-25-24(26-12-10-18-6-8-20(9-7-18)28(2)3)27-19-11-13-29(17-19)21-14-22(30-4)16-23(15-21)31-5/h6-9,14-16,19H,10-13,17H2,1-5H3,(H2,25,26,27). The number of guanidine groups is 1. The Hall–Kier alpha value is -3.09. The molecular formula is C24H35N5O2. The summed E-state index contributed by atoms with van der Waals surface area (Å²) in [6.07, 6.45) is 2.00. The molecule has 3 rings (SSSR count). The summed E-state index contributed by atoms with van der Waals surface area (Å²) in [5, 5.41) is 7.00. The minimum Gasteiger partial charge on any atom is -0.497 e. The summed E-state index contributed by atoms with van der Waals surface area (Å²) in [6, 6.07) is 15.0. The van der Waals surface area contributed by atoms with Crippen LogP contribution >= 0.6 is 0 Å². The molecule has 0 radical (unpaired) electrons. The monoisotopic (exact) mass is 425 g/mol. The van der Waals surface area contributed by atoms with E-state index in [4.69, 9.17) is 9.47 Å². The summed E-state index contributed by atoms with van der Waals surface area (Å²) in [5.41, 5.74) is 3.64. The largest absolute Gasteiger partial charge is 0.497 e. The first-order valence-electron chi connectivity index (χ1n) is 10.7. The molecule has 0 bridgehead atoms. The molecule has 0 amide bonds. The topological polar surface area (TPSA) is 61.4 Å². The van der Waals surface area contributed by atoms with Gasteiger partial charge in [-0.05, 0) is 30.5 Å². The smallest absolute Gasteiger partial charge is 0.191 e. The maximum Gasteiger partial charge on any atom is 0.191 e. The second-order valence-electron chi connectivity index (χ2n) is 7.96. The number of nitrogens with zero attached hydrogens (tertiary/aromatic N) is 3. The average molecular weight is 426 g/mol. The summed E-state index contributed by atoms with van der Waals surface area (Å²) in [4.78, 5) is 8.86. The molecule has 1 heterocycles. The van der Waals surface area contributed by atoms with Crippen LogP contribution in [0.15, 0.2) is 47.5 Å². The van der Waals surface area contributed by atoms with Crippen molar-refractivity contribution in [2.24, 2.45) is 4.99 Å². The molecular weight excluding hydrogens is 390 g/mol. The van der Waals surface area contributed by atoms with Crippen LogP contribution < -0.4 is 29.9 Å². The van der Waals surface area contributed by atoms with Gasteiger partial charge >= 0.3 is 0 Å². The van der Waals surface area contributed by atoms with Crippen molar-refractivity contribution < 1.29 is 9.47 Å². The van der Waals surface area contributed by atoms with Gasteiger partial charge in [-0.25, -0.2) is 0 Å². The zero-order valence-electron chi connectivity index (χ0n) is 19.3. The van der Waals surface area contributed by atoms with Crippen LogP contribution in [0.25, 0.3) is 0 Å². The van der Waals surface area contributed by atoms with Crippen molar-refractivity contribution in [2.75, 3.05) is 64.8 Å². The second kappa shape index (κ2) is 10.8. The molecule has 0 aliphatic carbocycles. The summed E-state index contributed by atoms with van der Waals surface area (Å²) >= 11 is 0. The molecule has 1 aliphatic rings. The number of hydrogen-bond donors (Lipinski definition) is 2. The van der Waals surface area contributed by atoms with Gasteiger partial charge in [-0.15, -0.1) is 0 Å². The van der Waals surface area contributed by atoms with Crippen molar-refractivity contribution >= 4 is 17.3 Å². The fraction of sp³-hybridized carbons (Fsp3) is 0.458. The van der Waals surface area contributed by atoms with Crippen molar-refractivity contribution in [3.8, 4) is 11.5 Å². The van der Waals surface area contributed by atoms with E-state index in [-0.39, 0.29) is 0 Å². The van der Waals surface area contributed by atoms with E-state index in [9.17, 15) is 0 Å². The van der Waals surface area contributed by atoms with E-state index >= 15 is 0 Å². The Balaban J connectivity index is 1.49. The highest BCUT2D eigenvalue weighted by molar-refractivity contribution is 5.80. The van der Waals surface area contributed by atoms with Gasteiger partial charge in [0.2, 0.25) is 0 Å². The first-order chi connectivity index (χ1) is 15.0. The maximum absolute atomic E-state index is 5.41. The van der Waals surface area contributed by atoms with E-state index in [0.29, 0.717) is 6.04 Å². The van der Waals surface area contributed by atoms with Crippen LogP contribution in [0.5, 0.6) is 11.5 Å². The van der Waals surface area contributed by atoms with Crippen molar-refractivity contribution in [2.45, 2.75) is 18.9 Å². The molecule has 0 spiro atoms. The highest BCUT2D eigenvalue weighted by Gasteiger charge is 2.24. The van der Waals surface area contributed by atoms with Gasteiger partial charge in [-0.2, -0.15) is 0 Å². The zero-order valence-corrected chi connectivity index (χ0v) is 19.3. The van der Waals surface area contributed by atoms with Gasteiger partial charge in [0.25, 0.3) is 0 Å². The van der Waals surface area contributed by atoms with E-state index in [2.05, 4.69) is 75.9 Å². The van der Waals surface area contributed by atoms with Crippen molar-refractivity contribution in [3.63, 3.8) is 0 Å². The molecule has 0 aromatic heterocycles. The molecule has 7 nitrogen and oxygen atoms in total. The number of ether oxygens (including phenoxy) is 2. The summed E-state index contributed by atoms with van der Waals surface area (Å²) in [5.74, 6) is 2.46. The van der Waals surface area contributed by atoms with Gasteiger partial charge in [0.05, 0.1) is 14.2 Å². The quantitative estimate of drug-likeness (QED) is 0.501. The van der Waals surface area contributed by atoms with Crippen molar-refractivity contribution in [3.05, 3.63) is 48.0 Å². The summed E-state index contributed by atoms with van der Waals surface area (Å²) in [6.45, 7) is 2.72. The Bertz CT molecular complexity index is 845. The van der Waals surface area contributed by atoms with E-state index in [1.54, 1.807) is 14.2 Å². The molecule has 1 atom stereocenters. The number of benzene rings is 2. The van der Waals surface area contributed by atoms with Crippen LogP contribution in [0, 0.1) is 0 Å². The van der Waals surface area contributed by atoms with Gasteiger partial charge in [0.1, 0.15) is 11.5 Å². The van der Waals surface area contributed by atoms with E-state index in [1.165, 1.54) is 11.3 Å². The predicted octanol–water partition coefficient (Wildman–Crippen LogP) is 2.76. The molecule has 0 saturated carbocycles. The Morgan fingerprint density at radius 1 is 1.10 bits per heavy atom. The lowest BCUT2D eigenvalue weighted by Gasteiger charge is -2.21. The summed E-state index contributed by atoms with van der Waals surface area (Å²) in [7, 11) is 9.29. The van der Waals surface area contributed by atoms with E-state index in [1.807, 2.05) is 13.1 Å². The van der Waals surface area contributed by atoms with E-state index < -0.39 is 0 Å². The average Bonchev–Trinajstić information content (AvgIpc) is 3.27. The van der Waals surface area contributed by atoms with Crippen LogP contribution in [0.4, 0.5) is 11.4 Å². The number of nitrogens with one attached hydrogen (secondary N) is 2. The third-order valence-corrected chi connectivity index (χ3v) is 5.61. The van der Waals surface area contributed by atoms with Crippen LogP contribution in [-0.4, -0.2) is 67.0 Å². The highest BCUT2D eigenvalue weighted by atomic mass is 16.5. The fourth-order valence-corrected chi connectivity index (χ4v) is 3.76. The van der Waals surface area contributed by atoms with Crippen LogP contribution in [-0.2, 0) is 6.42 Å². The Kier molecular flexibility index (Phi) is 7.87. The van der Waals surface area contributed by atoms with Gasteiger partial charge < -0.3 is 29.9 Å². The van der Waals surface area contributed by atoms with E-state index in [0.717, 1.165) is 55.6 Å². The first kappa shape index (κ1) is 22.6. The van der Waals surface area contributed by atoms with Gasteiger partial charge in [0, 0.05) is 76.4 Å². The Morgan fingerprint density at radius 3 is 2.35 bits per heavy atom.